The van der Waals surface area contributed by atoms with Gasteiger partial charge in [-0.05, 0) is 13.5 Å². The summed E-state index contributed by atoms with van der Waals surface area (Å²) in [6.45, 7) is 2.74. The summed E-state index contributed by atoms with van der Waals surface area (Å²) in [5.41, 5.74) is 0. The summed E-state index contributed by atoms with van der Waals surface area (Å²) in [4.78, 5) is 4.30. The number of methoxy groups -OCH3 is 1. The average Bonchev–Trinajstić information content (AvgIpc) is 2.66. The monoisotopic (exact) mass is 213 g/mol. The van der Waals surface area contributed by atoms with Gasteiger partial charge in [-0.1, -0.05) is 12.1 Å². The topological polar surface area (TPSA) is 60.2 Å². The molecule has 0 aliphatic rings. The molecule has 15 heavy (non-hydrogen) atoms. The van der Waals surface area contributed by atoms with E-state index in [1.54, 1.807) is 7.11 Å². The van der Waals surface area contributed by atoms with E-state index >= 15 is 0 Å². The van der Waals surface area contributed by atoms with Gasteiger partial charge in [-0.2, -0.15) is 4.98 Å². The first kappa shape index (κ1) is 12.1. The van der Waals surface area contributed by atoms with Gasteiger partial charge in [-0.3, -0.25) is 0 Å². The summed E-state index contributed by atoms with van der Waals surface area (Å²) < 4.78 is 10.2. The third-order valence-corrected chi connectivity index (χ3v) is 2.18. The average molecular weight is 213 g/mol. The van der Waals surface area contributed by atoms with Crippen molar-refractivity contribution in [1.82, 2.24) is 15.5 Å². The molecule has 0 aliphatic heterocycles. The molecule has 0 fully saturated rings. The lowest BCUT2D eigenvalue weighted by Gasteiger charge is -2.11. The fourth-order valence-corrected chi connectivity index (χ4v) is 1.35. The highest BCUT2D eigenvalue weighted by molar-refractivity contribution is 4.89. The Labute approximate surface area is 90.2 Å². The number of nitrogens with zero attached hydrogens (tertiary/aromatic N) is 2. The van der Waals surface area contributed by atoms with Crippen LogP contribution in [0.15, 0.2) is 4.52 Å². The van der Waals surface area contributed by atoms with Crippen LogP contribution in [-0.4, -0.2) is 36.9 Å². The second kappa shape index (κ2) is 6.53. The van der Waals surface area contributed by atoms with E-state index < -0.39 is 0 Å². The van der Waals surface area contributed by atoms with Gasteiger partial charge in [0.1, 0.15) is 0 Å². The van der Waals surface area contributed by atoms with E-state index in [1.165, 1.54) is 0 Å². The van der Waals surface area contributed by atoms with Gasteiger partial charge in [0.2, 0.25) is 5.89 Å². The third-order valence-electron chi connectivity index (χ3n) is 2.18. The predicted molar refractivity (Wildman–Crippen MR) is 56.7 cm³/mol. The van der Waals surface area contributed by atoms with Crippen molar-refractivity contribution < 1.29 is 9.26 Å². The number of aromatic nitrogens is 2. The second-order valence-electron chi connectivity index (χ2n) is 3.50. The van der Waals surface area contributed by atoms with Crippen molar-refractivity contribution in [3.05, 3.63) is 11.7 Å². The molecule has 0 amide bonds. The lowest BCUT2D eigenvalue weighted by atomic mass is 10.2. The number of hydrogen-bond acceptors (Lipinski definition) is 5. The van der Waals surface area contributed by atoms with Crippen LogP contribution in [0.1, 0.15) is 25.1 Å². The maximum absolute atomic E-state index is 5.14. The largest absolute Gasteiger partial charge is 0.383 e. The first-order valence-corrected chi connectivity index (χ1v) is 5.27. The number of nitrogens with one attached hydrogen (secondary N) is 1. The Hall–Kier alpha value is -0.940. The van der Waals surface area contributed by atoms with Crippen LogP contribution in [0, 0.1) is 0 Å². The zero-order valence-electron chi connectivity index (χ0n) is 9.62. The van der Waals surface area contributed by atoms with Crippen molar-refractivity contribution in [1.29, 1.82) is 0 Å². The van der Waals surface area contributed by atoms with Crippen LogP contribution in [0.5, 0.6) is 0 Å². The zero-order valence-corrected chi connectivity index (χ0v) is 9.62. The van der Waals surface area contributed by atoms with Gasteiger partial charge in [-0.15, -0.1) is 0 Å². The van der Waals surface area contributed by atoms with E-state index in [9.17, 15) is 0 Å². The first-order valence-electron chi connectivity index (χ1n) is 5.27. The molecular weight excluding hydrogens is 194 g/mol. The lowest BCUT2D eigenvalue weighted by molar-refractivity contribution is 0.165. The molecule has 1 aromatic rings. The molecular formula is C10H19N3O2. The van der Waals surface area contributed by atoms with Crippen LogP contribution in [0.4, 0.5) is 0 Å². The van der Waals surface area contributed by atoms with E-state index in [0.717, 1.165) is 18.7 Å². The molecule has 1 rings (SSSR count). The standard InChI is InChI=1S/C10H19N3O2/c1-4-5-9-12-10(15-13-9)6-8(11-2)7-14-3/h8,11H,4-7H2,1-3H3. The Morgan fingerprint density at radius 3 is 2.93 bits per heavy atom. The van der Waals surface area contributed by atoms with Gasteiger partial charge in [0.25, 0.3) is 0 Å². The second-order valence-corrected chi connectivity index (χ2v) is 3.50. The van der Waals surface area contributed by atoms with Gasteiger partial charge in [0.05, 0.1) is 6.61 Å². The molecule has 5 nitrogen and oxygen atoms in total. The molecule has 1 aromatic heterocycles. The SMILES string of the molecule is CCCc1noc(CC(COC)NC)n1. The fourth-order valence-electron chi connectivity index (χ4n) is 1.35. The first-order chi connectivity index (χ1) is 7.30. The summed E-state index contributed by atoms with van der Waals surface area (Å²) in [5, 5.41) is 7.04. The molecule has 1 heterocycles. The number of hydrogen-bond donors (Lipinski definition) is 1. The van der Waals surface area contributed by atoms with E-state index in [0.29, 0.717) is 18.9 Å². The Balaban J connectivity index is 2.47. The fraction of sp³-hybridized carbons (Fsp3) is 0.800. The molecule has 0 radical (unpaired) electrons. The summed E-state index contributed by atoms with van der Waals surface area (Å²) in [6.07, 6.45) is 2.62. The molecule has 0 aliphatic carbocycles. The minimum atomic E-state index is 0.227. The quantitative estimate of drug-likeness (QED) is 0.726. The van der Waals surface area contributed by atoms with Crippen LogP contribution in [0.3, 0.4) is 0 Å². The molecule has 86 valence electrons. The molecule has 1 atom stereocenters. The maximum Gasteiger partial charge on any atom is 0.228 e. The van der Waals surface area contributed by atoms with E-state index in [2.05, 4.69) is 22.4 Å². The Morgan fingerprint density at radius 1 is 1.53 bits per heavy atom. The van der Waals surface area contributed by atoms with Gasteiger partial charge < -0.3 is 14.6 Å². The minimum Gasteiger partial charge on any atom is -0.383 e. The van der Waals surface area contributed by atoms with Crippen LogP contribution in [0.25, 0.3) is 0 Å². The minimum absolute atomic E-state index is 0.227. The van der Waals surface area contributed by atoms with Crippen molar-refractivity contribution in [3.63, 3.8) is 0 Å². The molecule has 0 saturated carbocycles. The Kier molecular flexibility index (Phi) is 5.28. The summed E-state index contributed by atoms with van der Waals surface area (Å²) in [5.74, 6) is 1.47. The van der Waals surface area contributed by atoms with Crippen molar-refractivity contribution in [2.45, 2.75) is 32.2 Å². The summed E-state index contributed by atoms with van der Waals surface area (Å²) >= 11 is 0. The highest BCUT2D eigenvalue weighted by Crippen LogP contribution is 2.03. The smallest absolute Gasteiger partial charge is 0.228 e. The Morgan fingerprint density at radius 2 is 2.33 bits per heavy atom. The molecule has 0 aromatic carbocycles. The predicted octanol–water partition coefficient (Wildman–Crippen LogP) is 0.799. The number of ether oxygens (including phenoxy) is 1. The number of rotatable bonds is 7. The highest BCUT2D eigenvalue weighted by atomic mass is 16.5. The van der Waals surface area contributed by atoms with Gasteiger partial charge in [0, 0.05) is 26.0 Å². The van der Waals surface area contributed by atoms with Crippen molar-refractivity contribution in [3.8, 4) is 0 Å². The van der Waals surface area contributed by atoms with Crippen LogP contribution in [-0.2, 0) is 17.6 Å². The molecule has 5 heteroatoms. The van der Waals surface area contributed by atoms with Crippen molar-refractivity contribution >= 4 is 0 Å². The Bertz CT molecular complexity index is 275. The number of aryl methyl sites for hydroxylation is 1. The third kappa shape index (κ3) is 3.97. The molecule has 0 bridgehead atoms. The molecule has 1 N–H and O–H groups in total. The van der Waals surface area contributed by atoms with Gasteiger partial charge >= 0.3 is 0 Å². The maximum atomic E-state index is 5.14. The molecule has 0 spiro atoms. The van der Waals surface area contributed by atoms with Crippen LogP contribution in [0.2, 0.25) is 0 Å². The van der Waals surface area contributed by atoms with Gasteiger partial charge in [0.15, 0.2) is 5.82 Å². The van der Waals surface area contributed by atoms with Crippen LogP contribution >= 0.6 is 0 Å². The highest BCUT2D eigenvalue weighted by Gasteiger charge is 2.12. The zero-order chi connectivity index (χ0) is 11.1. The lowest BCUT2D eigenvalue weighted by Crippen LogP contribution is -2.32. The summed E-state index contributed by atoms with van der Waals surface area (Å²) in [7, 11) is 3.58. The number of likely N-dealkylation sites (N-methyl/N-ethyl adjacent to an activating group) is 1. The van der Waals surface area contributed by atoms with E-state index in [1.807, 2.05) is 7.05 Å². The molecule has 1 unspecified atom stereocenters. The normalized spacial score (nSPS) is 13.0. The van der Waals surface area contributed by atoms with Crippen molar-refractivity contribution in [2.24, 2.45) is 0 Å². The van der Waals surface area contributed by atoms with Gasteiger partial charge in [-0.25, -0.2) is 0 Å². The van der Waals surface area contributed by atoms with Crippen LogP contribution < -0.4 is 5.32 Å². The molecule has 0 saturated heterocycles. The summed E-state index contributed by atoms with van der Waals surface area (Å²) in [6, 6.07) is 0.227. The van der Waals surface area contributed by atoms with Crippen molar-refractivity contribution in [2.75, 3.05) is 20.8 Å². The van der Waals surface area contributed by atoms with E-state index in [4.69, 9.17) is 9.26 Å². The van der Waals surface area contributed by atoms with E-state index in [-0.39, 0.29) is 6.04 Å².